The standard InChI is InChI=1S/C19H22N2O4/c1-12-4-7-14(8-5-12)17-18(24-11-16(22)21(17)3)19(23)20-10-15-9-6-13(2)25-15/h4-9,17-18H,10-11H2,1-3H3,(H,20,23)/t17-,18+/m1/s1. The van der Waals surface area contributed by atoms with E-state index in [1.165, 1.54) is 0 Å². The molecule has 2 amide bonds. The lowest BCUT2D eigenvalue weighted by molar-refractivity contribution is -0.162. The van der Waals surface area contributed by atoms with Gasteiger partial charge in [0.15, 0.2) is 6.10 Å². The van der Waals surface area contributed by atoms with Crippen LogP contribution in [0.2, 0.25) is 0 Å². The number of carbonyl (C=O) groups excluding carboxylic acids is 2. The summed E-state index contributed by atoms with van der Waals surface area (Å²) in [5.74, 6) is 1.06. The highest BCUT2D eigenvalue weighted by molar-refractivity contribution is 5.86. The zero-order valence-electron chi connectivity index (χ0n) is 14.6. The predicted octanol–water partition coefficient (Wildman–Crippen LogP) is 2.11. The van der Waals surface area contributed by atoms with Crippen molar-refractivity contribution in [3.8, 4) is 0 Å². The van der Waals surface area contributed by atoms with Crippen LogP contribution in [0.5, 0.6) is 0 Å². The van der Waals surface area contributed by atoms with Gasteiger partial charge in [0.1, 0.15) is 18.1 Å². The normalized spacial score (nSPS) is 20.6. The number of aryl methyl sites for hydroxylation is 2. The largest absolute Gasteiger partial charge is 0.465 e. The molecule has 1 aromatic carbocycles. The van der Waals surface area contributed by atoms with Crippen LogP contribution < -0.4 is 5.32 Å². The van der Waals surface area contributed by atoms with Crippen molar-refractivity contribution in [1.29, 1.82) is 0 Å². The monoisotopic (exact) mass is 342 g/mol. The Morgan fingerprint density at radius 1 is 1.20 bits per heavy atom. The lowest BCUT2D eigenvalue weighted by atomic mass is 9.97. The topological polar surface area (TPSA) is 71.8 Å². The summed E-state index contributed by atoms with van der Waals surface area (Å²) < 4.78 is 11.0. The molecule has 0 aliphatic carbocycles. The number of ether oxygens (including phenoxy) is 1. The summed E-state index contributed by atoms with van der Waals surface area (Å²) >= 11 is 0. The highest BCUT2D eigenvalue weighted by Crippen LogP contribution is 2.29. The van der Waals surface area contributed by atoms with Crippen molar-refractivity contribution >= 4 is 11.8 Å². The predicted molar refractivity (Wildman–Crippen MR) is 91.7 cm³/mol. The van der Waals surface area contributed by atoms with Crippen LogP contribution in [0.15, 0.2) is 40.8 Å². The molecule has 1 saturated heterocycles. The van der Waals surface area contributed by atoms with E-state index in [0.717, 1.165) is 16.9 Å². The number of benzene rings is 1. The van der Waals surface area contributed by atoms with Gasteiger partial charge in [-0.3, -0.25) is 9.59 Å². The molecule has 6 nitrogen and oxygen atoms in total. The van der Waals surface area contributed by atoms with Crippen molar-refractivity contribution in [3.05, 3.63) is 59.0 Å². The van der Waals surface area contributed by atoms with E-state index in [1.807, 2.05) is 50.2 Å². The zero-order valence-corrected chi connectivity index (χ0v) is 14.6. The Morgan fingerprint density at radius 3 is 2.56 bits per heavy atom. The summed E-state index contributed by atoms with van der Waals surface area (Å²) in [5.41, 5.74) is 1.98. The molecular formula is C19H22N2O4. The van der Waals surface area contributed by atoms with E-state index < -0.39 is 12.1 Å². The second-order valence-electron chi connectivity index (χ2n) is 6.32. The fourth-order valence-corrected chi connectivity index (χ4v) is 2.95. The molecule has 1 aliphatic heterocycles. The van der Waals surface area contributed by atoms with Crippen LogP contribution in [0.25, 0.3) is 0 Å². The van der Waals surface area contributed by atoms with E-state index in [4.69, 9.17) is 9.15 Å². The molecular weight excluding hydrogens is 320 g/mol. The minimum absolute atomic E-state index is 0.100. The number of amides is 2. The van der Waals surface area contributed by atoms with Crippen molar-refractivity contribution in [2.24, 2.45) is 0 Å². The van der Waals surface area contributed by atoms with Gasteiger partial charge in [-0.25, -0.2) is 0 Å². The van der Waals surface area contributed by atoms with Gasteiger partial charge in [0.2, 0.25) is 5.91 Å². The molecule has 0 spiro atoms. The quantitative estimate of drug-likeness (QED) is 0.924. The van der Waals surface area contributed by atoms with Crippen molar-refractivity contribution in [2.45, 2.75) is 32.5 Å². The van der Waals surface area contributed by atoms with Gasteiger partial charge in [0.05, 0.1) is 12.6 Å². The van der Waals surface area contributed by atoms with Gasteiger partial charge < -0.3 is 19.4 Å². The smallest absolute Gasteiger partial charge is 0.252 e. The molecule has 1 fully saturated rings. The fraction of sp³-hybridized carbons (Fsp3) is 0.368. The average molecular weight is 342 g/mol. The van der Waals surface area contributed by atoms with Crippen molar-refractivity contribution in [2.75, 3.05) is 13.7 Å². The summed E-state index contributed by atoms with van der Waals surface area (Å²) in [6.45, 7) is 4.02. The average Bonchev–Trinajstić information content (AvgIpc) is 3.01. The first-order valence-electron chi connectivity index (χ1n) is 8.22. The van der Waals surface area contributed by atoms with E-state index >= 15 is 0 Å². The Hall–Kier alpha value is -2.60. The summed E-state index contributed by atoms with van der Waals surface area (Å²) in [6, 6.07) is 11.0. The van der Waals surface area contributed by atoms with Crippen LogP contribution in [0.3, 0.4) is 0 Å². The second-order valence-corrected chi connectivity index (χ2v) is 6.32. The third-order valence-electron chi connectivity index (χ3n) is 4.39. The van der Waals surface area contributed by atoms with Crippen LogP contribution in [-0.2, 0) is 20.9 Å². The van der Waals surface area contributed by atoms with Gasteiger partial charge in [-0.05, 0) is 31.5 Å². The van der Waals surface area contributed by atoms with Crippen molar-refractivity contribution in [1.82, 2.24) is 10.2 Å². The van der Waals surface area contributed by atoms with Gasteiger partial charge in [-0.15, -0.1) is 0 Å². The van der Waals surface area contributed by atoms with E-state index in [9.17, 15) is 9.59 Å². The van der Waals surface area contributed by atoms with Gasteiger partial charge in [-0.2, -0.15) is 0 Å². The van der Waals surface area contributed by atoms with E-state index in [1.54, 1.807) is 11.9 Å². The van der Waals surface area contributed by atoms with Crippen LogP contribution in [0.1, 0.15) is 28.7 Å². The summed E-state index contributed by atoms with van der Waals surface area (Å²) in [7, 11) is 1.70. The first-order valence-corrected chi connectivity index (χ1v) is 8.22. The van der Waals surface area contributed by atoms with Crippen LogP contribution in [-0.4, -0.2) is 36.5 Å². The Balaban J connectivity index is 1.77. The number of hydrogen-bond acceptors (Lipinski definition) is 4. The van der Waals surface area contributed by atoms with Crippen molar-refractivity contribution in [3.63, 3.8) is 0 Å². The molecule has 0 radical (unpaired) electrons. The third-order valence-corrected chi connectivity index (χ3v) is 4.39. The molecule has 2 aromatic rings. The minimum Gasteiger partial charge on any atom is -0.465 e. The van der Waals surface area contributed by atoms with Gasteiger partial charge in [0, 0.05) is 7.05 Å². The Labute approximate surface area is 146 Å². The molecule has 1 N–H and O–H groups in total. The highest BCUT2D eigenvalue weighted by atomic mass is 16.5. The summed E-state index contributed by atoms with van der Waals surface area (Å²) in [5, 5.41) is 2.83. The van der Waals surface area contributed by atoms with Gasteiger partial charge in [-0.1, -0.05) is 29.8 Å². The number of morpholine rings is 1. The first kappa shape index (κ1) is 17.2. The Kier molecular flexibility index (Phi) is 4.90. The molecule has 25 heavy (non-hydrogen) atoms. The van der Waals surface area contributed by atoms with Crippen molar-refractivity contribution < 1.29 is 18.7 Å². The maximum Gasteiger partial charge on any atom is 0.252 e. The molecule has 0 unspecified atom stereocenters. The van der Waals surface area contributed by atoms with E-state index in [-0.39, 0.29) is 25.0 Å². The third kappa shape index (κ3) is 3.74. The number of nitrogens with zero attached hydrogens (tertiary/aromatic N) is 1. The lowest BCUT2D eigenvalue weighted by Gasteiger charge is -2.38. The molecule has 2 atom stereocenters. The molecule has 2 heterocycles. The second kappa shape index (κ2) is 7.11. The number of likely N-dealkylation sites (N-methyl/N-ethyl adjacent to an activating group) is 1. The van der Waals surface area contributed by atoms with Gasteiger partial charge in [0.25, 0.3) is 5.91 Å². The number of rotatable bonds is 4. The molecule has 1 aliphatic rings. The Bertz CT molecular complexity index is 766. The Morgan fingerprint density at radius 2 is 1.92 bits per heavy atom. The number of furan rings is 1. The molecule has 1 aromatic heterocycles. The molecule has 0 saturated carbocycles. The maximum atomic E-state index is 12.7. The minimum atomic E-state index is -0.763. The van der Waals surface area contributed by atoms with E-state index in [0.29, 0.717) is 5.76 Å². The molecule has 6 heteroatoms. The number of hydrogen-bond donors (Lipinski definition) is 1. The van der Waals surface area contributed by atoms with E-state index in [2.05, 4.69) is 5.32 Å². The molecule has 132 valence electrons. The summed E-state index contributed by atoms with van der Waals surface area (Å²) in [6.07, 6.45) is -0.763. The maximum absolute atomic E-state index is 12.7. The summed E-state index contributed by atoms with van der Waals surface area (Å²) in [4.78, 5) is 26.3. The fourth-order valence-electron chi connectivity index (χ4n) is 2.95. The molecule has 0 bridgehead atoms. The number of carbonyl (C=O) groups is 2. The van der Waals surface area contributed by atoms with Crippen LogP contribution in [0.4, 0.5) is 0 Å². The first-order chi connectivity index (χ1) is 12.0. The molecule has 3 rings (SSSR count). The van der Waals surface area contributed by atoms with Gasteiger partial charge >= 0.3 is 0 Å². The SMILES string of the molecule is Cc1ccc([C@@H]2[C@@H](C(=O)NCc3ccc(C)o3)OCC(=O)N2C)cc1. The van der Waals surface area contributed by atoms with Crippen LogP contribution >= 0.6 is 0 Å². The highest BCUT2D eigenvalue weighted by Gasteiger charge is 2.39. The zero-order chi connectivity index (χ0) is 18.0. The van der Waals surface area contributed by atoms with Crippen LogP contribution in [0, 0.1) is 13.8 Å². The lowest BCUT2D eigenvalue weighted by Crippen LogP contribution is -2.52. The number of nitrogens with one attached hydrogen (secondary N) is 1.